The van der Waals surface area contributed by atoms with E-state index in [1.165, 1.54) is 11.8 Å². The van der Waals surface area contributed by atoms with Gasteiger partial charge in [0.1, 0.15) is 5.75 Å². The molecule has 0 unspecified atom stereocenters. The molecule has 0 atom stereocenters. The molecule has 1 heterocycles. The highest BCUT2D eigenvalue weighted by molar-refractivity contribution is 8.00. The molecule has 1 N–H and O–H groups in total. The van der Waals surface area contributed by atoms with Crippen LogP contribution in [-0.2, 0) is 11.3 Å². The Balaban J connectivity index is 1.52. The molecule has 1 aliphatic heterocycles. The molecule has 0 saturated carbocycles. The Kier molecular flexibility index (Phi) is 6.52. The largest absolute Gasteiger partial charge is 0.497 e. The molecule has 0 spiro atoms. The molecule has 2 aromatic rings. The van der Waals surface area contributed by atoms with Crippen LogP contribution >= 0.6 is 23.4 Å². The zero-order valence-corrected chi connectivity index (χ0v) is 16.0. The van der Waals surface area contributed by atoms with Gasteiger partial charge in [-0.15, -0.1) is 11.8 Å². The summed E-state index contributed by atoms with van der Waals surface area (Å²) in [7, 11) is 1.63. The third-order valence-electron chi connectivity index (χ3n) is 3.78. The quantitative estimate of drug-likeness (QED) is 0.754. The van der Waals surface area contributed by atoms with Gasteiger partial charge in [0, 0.05) is 17.9 Å². The number of amides is 1. The third kappa shape index (κ3) is 4.99. The standard InChI is InChI=1S/C19H20ClNO4S/c1-23-14-3-5-15(6-4-14)26-12-18(22)21-11-13-9-16(20)19-17(10-13)24-7-2-8-25-19/h3-6,9-10H,2,7-8,11-12H2,1H3,(H,21,22). The molecule has 26 heavy (non-hydrogen) atoms. The molecule has 7 heteroatoms. The first-order valence-corrected chi connectivity index (χ1v) is 9.63. The number of rotatable bonds is 6. The number of benzene rings is 2. The van der Waals surface area contributed by atoms with E-state index in [-0.39, 0.29) is 5.91 Å². The number of carbonyl (C=O) groups excluding carboxylic acids is 1. The van der Waals surface area contributed by atoms with Crippen molar-refractivity contribution in [3.8, 4) is 17.2 Å². The van der Waals surface area contributed by atoms with Crippen molar-refractivity contribution < 1.29 is 19.0 Å². The van der Waals surface area contributed by atoms with Crippen molar-refractivity contribution in [3.63, 3.8) is 0 Å². The van der Waals surface area contributed by atoms with Gasteiger partial charge in [-0.1, -0.05) is 11.6 Å². The van der Waals surface area contributed by atoms with Crippen LogP contribution < -0.4 is 19.5 Å². The lowest BCUT2D eigenvalue weighted by Gasteiger charge is -2.12. The van der Waals surface area contributed by atoms with Gasteiger partial charge in [-0.2, -0.15) is 0 Å². The highest BCUT2D eigenvalue weighted by Gasteiger charge is 2.16. The van der Waals surface area contributed by atoms with Crippen molar-refractivity contribution in [2.45, 2.75) is 17.9 Å². The first kappa shape index (κ1) is 18.7. The minimum Gasteiger partial charge on any atom is -0.497 e. The lowest BCUT2D eigenvalue weighted by Crippen LogP contribution is -2.24. The predicted molar refractivity (Wildman–Crippen MR) is 103 cm³/mol. The molecule has 3 rings (SSSR count). The van der Waals surface area contributed by atoms with Crippen molar-refractivity contribution in [2.24, 2.45) is 0 Å². The molecule has 0 fully saturated rings. The van der Waals surface area contributed by atoms with Gasteiger partial charge in [-0.25, -0.2) is 0 Å². The predicted octanol–water partition coefficient (Wildman–Crippen LogP) is 3.92. The van der Waals surface area contributed by atoms with E-state index in [9.17, 15) is 4.79 Å². The fraction of sp³-hybridized carbons (Fsp3) is 0.316. The highest BCUT2D eigenvalue weighted by atomic mass is 35.5. The molecule has 5 nitrogen and oxygen atoms in total. The van der Waals surface area contributed by atoms with Crippen LogP contribution in [0.25, 0.3) is 0 Å². The second kappa shape index (κ2) is 9.05. The van der Waals surface area contributed by atoms with Crippen molar-refractivity contribution in [3.05, 3.63) is 47.0 Å². The summed E-state index contributed by atoms with van der Waals surface area (Å²) in [4.78, 5) is 13.1. The van der Waals surface area contributed by atoms with Crippen LogP contribution in [0.3, 0.4) is 0 Å². The van der Waals surface area contributed by atoms with Crippen molar-refractivity contribution in [2.75, 3.05) is 26.1 Å². The van der Waals surface area contributed by atoms with Gasteiger partial charge in [-0.3, -0.25) is 4.79 Å². The maximum atomic E-state index is 12.1. The van der Waals surface area contributed by atoms with E-state index in [1.807, 2.05) is 30.3 Å². The Morgan fingerprint density at radius 2 is 2.00 bits per heavy atom. The van der Waals surface area contributed by atoms with Crippen LogP contribution in [0.5, 0.6) is 17.2 Å². The molecule has 1 amide bonds. The Hall–Kier alpha value is -2.05. The van der Waals surface area contributed by atoms with Gasteiger partial charge in [0.15, 0.2) is 11.5 Å². The first-order valence-electron chi connectivity index (χ1n) is 8.27. The monoisotopic (exact) mass is 393 g/mol. The lowest BCUT2D eigenvalue weighted by atomic mass is 10.2. The van der Waals surface area contributed by atoms with Gasteiger partial charge in [0.25, 0.3) is 0 Å². The van der Waals surface area contributed by atoms with E-state index in [2.05, 4.69) is 5.32 Å². The number of hydrogen-bond donors (Lipinski definition) is 1. The number of nitrogens with one attached hydrogen (secondary N) is 1. The summed E-state index contributed by atoms with van der Waals surface area (Å²) in [6.45, 7) is 1.57. The van der Waals surface area contributed by atoms with Crippen LogP contribution in [0.4, 0.5) is 0 Å². The Morgan fingerprint density at radius 3 is 2.77 bits per heavy atom. The molecular formula is C19H20ClNO4S. The van der Waals surface area contributed by atoms with Gasteiger partial charge in [0.05, 0.1) is 31.1 Å². The smallest absolute Gasteiger partial charge is 0.230 e. The van der Waals surface area contributed by atoms with Crippen molar-refractivity contribution in [1.82, 2.24) is 5.32 Å². The molecule has 0 bridgehead atoms. The maximum Gasteiger partial charge on any atom is 0.230 e. The summed E-state index contributed by atoms with van der Waals surface area (Å²) >= 11 is 7.74. The van der Waals surface area contributed by atoms with Crippen molar-refractivity contribution in [1.29, 1.82) is 0 Å². The number of methoxy groups -OCH3 is 1. The fourth-order valence-corrected chi connectivity index (χ4v) is 3.47. The number of thioether (sulfide) groups is 1. The Morgan fingerprint density at radius 1 is 1.23 bits per heavy atom. The summed E-state index contributed by atoms with van der Waals surface area (Å²) in [6, 6.07) is 11.3. The minimum absolute atomic E-state index is 0.0472. The van der Waals surface area contributed by atoms with Crippen molar-refractivity contribution >= 4 is 29.3 Å². The summed E-state index contributed by atoms with van der Waals surface area (Å²) in [5, 5.41) is 3.40. The molecule has 1 aliphatic rings. The first-order chi connectivity index (χ1) is 12.7. The van der Waals surface area contributed by atoms with Gasteiger partial charge in [0.2, 0.25) is 5.91 Å². The normalized spacial score (nSPS) is 13.0. The third-order valence-corrected chi connectivity index (χ3v) is 5.07. The van der Waals surface area contributed by atoms with Crippen LogP contribution in [-0.4, -0.2) is 32.0 Å². The maximum absolute atomic E-state index is 12.1. The number of hydrogen-bond acceptors (Lipinski definition) is 5. The number of fused-ring (bicyclic) bond motifs is 1. The minimum atomic E-state index is -0.0472. The zero-order chi connectivity index (χ0) is 18.4. The Labute approximate surface area is 162 Å². The number of ether oxygens (including phenoxy) is 3. The van der Waals surface area contributed by atoms with E-state index < -0.39 is 0 Å². The second-order valence-corrected chi connectivity index (χ2v) is 7.15. The summed E-state index contributed by atoms with van der Waals surface area (Å²) in [5.74, 6) is 2.30. The SMILES string of the molecule is COc1ccc(SCC(=O)NCc2cc(Cl)c3c(c2)OCCCO3)cc1. The molecule has 2 aromatic carbocycles. The zero-order valence-electron chi connectivity index (χ0n) is 14.4. The average Bonchev–Trinajstić information content (AvgIpc) is 2.91. The molecule has 0 aliphatic carbocycles. The molecular weight excluding hydrogens is 374 g/mol. The summed E-state index contributed by atoms with van der Waals surface area (Å²) in [6.07, 6.45) is 0.819. The lowest BCUT2D eigenvalue weighted by molar-refractivity contribution is -0.118. The topological polar surface area (TPSA) is 56.8 Å². The van der Waals surface area contributed by atoms with Crippen LogP contribution in [0, 0.1) is 0 Å². The summed E-state index contributed by atoms with van der Waals surface area (Å²) < 4.78 is 16.4. The molecule has 0 radical (unpaired) electrons. The van der Waals surface area contributed by atoms with E-state index in [0.29, 0.717) is 42.0 Å². The van der Waals surface area contributed by atoms with Crippen LogP contribution in [0.2, 0.25) is 5.02 Å². The van der Waals surface area contributed by atoms with Gasteiger partial charge < -0.3 is 19.5 Å². The number of halogens is 1. The number of carbonyl (C=O) groups is 1. The van der Waals surface area contributed by atoms with E-state index in [4.69, 9.17) is 25.8 Å². The van der Waals surface area contributed by atoms with E-state index >= 15 is 0 Å². The van der Waals surface area contributed by atoms with Gasteiger partial charge in [-0.05, 0) is 42.0 Å². The molecule has 138 valence electrons. The molecule has 0 saturated heterocycles. The van der Waals surface area contributed by atoms with Crippen LogP contribution in [0.15, 0.2) is 41.3 Å². The average molecular weight is 394 g/mol. The summed E-state index contributed by atoms with van der Waals surface area (Å²) in [5.41, 5.74) is 0.877. The molecule has 0 aromatic heterocycles. The van der Waals surface area contributed by atoms with E-state index in [1.54, 1.807) is 13.2 Å². The second-order valence-electron chi connectivity index (χ2n) is 5.70. The highest BCUT2D eigenvalue weighted by Crippen LogP contribution is 2.37. The van der Waals surface area contributed by atoms with Crippen LogP contribution in [0.1, 0.15) is 12.0 Å². The van der Waals surface area contributed by atoms with E-state index in [0.717, 1.165) is 22.6 Å². The van der Waals surface area contributed by atoms with Gasteiger partial charge >= 0.3 is 0 Å². The fourth-order valence-electron chi connectivity index (χ4n) is 2.46. The Bertz CT molecular complexity index is 767.